The number of hydrogen-bond acceptors (Lipinski definition) is 5. The van der Waals surface area contributed by atoms with E-state index in [1.165, 1.54) is 18.4 Å². The van der Waals surface area contributed by atoms with Gasteiger partial charge in [-0.1, -0.05) is 60.7 Å². The summed E-state index contributed by atoms with van der Waals surface area (Å²) in [6, 6.07) is 20.5. The molecule has 4 rings (SSSR count). The van der Waals surface area contributed by atoms with Gasteiger partial charge in [0.1, 0.15) is 0 Å². The van der Waals surface area contributed by atoms with Gasteiger partial charge in [0.05, 0.1) is 25.4 Å². The number of methoxy groups -OCH3 is 1. The smallest absolute Gasteiger partial charge is 0.409 e. The van der Waals surface area contributed by atoms with E-state index < -0.39 is 11.3 Å². The molecule has 7 heteroatoms. The van der Waals surface area contributed by atoms with Crippen LogP contribution in [0.5, 0.6) is 0 Å². The van der Waals surface area contributed by atoms with Gasteiger partial charge in [0.2, 0.25) is 0 Å². The minimum Gasteiger partial charge on any atom is -0.453 e. The van der Waals surface area contributed by atoms with Crippen LogP contribution in [0.15, 0.2) is 66.0 Å². The highest BCUT2D eigenvalue weighted by Crippen LogP contribution is 2.37. The molecule has 156 valence electrons. The molecule has 0 radical (unpaired) electrons. The van der Waals surface area contributed by atoms with E-state index in [2.05, 4.69) is 11.4 Å². The van der Waals surface area contributed by atoms with Crippen molar-refractivity contribution < 1.29 is 14.3 Å². The van der Waals surface area contributed by atoms with Crippen LogP contribution in [-0.4, -0.2) is 30.6 Å². The first-order valence-corrected chi connectivity index (χ1v) is 10.7. The fourth-order valence-corrected chi connectivity index (χ4v) is 4.97. The van der Waals surface area contributed by atoms with Crippen molar-refractivity contribution in [1.82, 2.24) is 4.90 Å². The maximum atomic E-state index is 13.7. The summed E-state index contributed by atoms with van der Waals surface area (Å²) in [6.45, 7) is 0.962. The second-order valence-corrected chi connectivity index (χ2v) is 8.20. The van der Waals surface area contributed by atoms with Gasteiger partial charge in [0.25, 0.3) is 5.91 Å². The SMILES string of the molecule is COC(=O)N1CCc2c(NC(=O)C(C#N)(c3ccccc3)c3ccccc3)csc2C1. The number of nitrogens with one attached hydrogen (secondary N) is 1. The van der Waals surface area contributed by atoms with Gasteiger partial charge in [-0.25, -0.2) is 4.79 Å². The van der Waals surface area contributed by atoms with E-state index in [0.29, 0.717) is 36.3 Å². The molecule has 2 aromatic carbocycles. The molecule has 2 amide bonds. The topological polar surface area (TPSA) is 82.4 Å². The van der Waals surface area contributed by atoms with Gasteiger partial charge < -0.3 is 15.0 Å². The molecule has 0 bridgehead atoms. The zero-order valence-electron chi connectivity index (χ0n) is 17.0. The summed E-state index contributed by atoms with van der Waals surface area (Å²) in [7, 11) is 1.37. The van der Waals surface area contributed by atoms with Crippen molar-refractivity contribution in [2.75, 3.05) is 19.0 Å². The molecule has 3 aromatic rings. The molecule has 6 nitrogen and oxygen atoms in total. The van der Waals surface area contributed by atoms with Crippen molar-refractivity contribution in [3.05, 3.63) is 87.6 Å². The zero-order chi connectivity index (χ0) is 21.8. The summed E-state index contributed by atoms with van der Waals surface area (Å²) < 4.78 is 4.82. The standard InChI is InChI=1S/C24H21N3O3S/c1-30-23(29)27-13-12-19-20(15-31-21(19)14-27)26-22(28)24(16-25,17-8-4-2-5-9-17)18-10-6-3-7-11-18/h2-11,15H,12-14H2,1H3,(H,26,28). The molecule has 1 N–H and O–H groups in total. The minimum atomic E-state index is -1.48. The van der Waals surface area contributed by atoms with Crippen LogP contribution in [0.25, 0.3) is 0 Å². The number of nitrogens with zero attached hydrogens (tertiary/aromatic N) is 2. The first kappa shape index (κ1) is 20.6. The fraction of sp³-hybridized carbons (Fsp3) is 0.208. The van der Waals surface area contributed by atoms with Crippen molar-refractivity contribution in [1.29, 1.82) is 5.26 Å². The monoisotopic (exact) mass is 431 g/mol. The number of fused-ring (bicyclic) bond motifs is 1. The van der Waals surface area contributed by atoms with Crippen molar-refractivity contribution >= 4 is 29.0 Å². The molecular formula is C24H21N3O3S. The first-order valence-electron chi connectivity index (χ1n) is 9.86. The Morgan fingerprint density at radius 3 is 2.26 bits per heavy atom. The Bertz CT molecular complexity index is 1100. The number of amides is 2. The highest BCUT2D eigenvalue weighted by Gasteiger charge is 2.43. The minimum absolute atomic E-state index is 0.360. The Balaban J connectivity index is 1.69. The van der Waals surface area contributed by atoms with E-state index in [-0.39, 0.29) is 6.09 Å². The van der Waals surface area contributed by atoms with Crippen molar-refractivity contribution in [3.63, 3.8) is 0 Å². The molecule has 1 aromatic heterocycles. The maximum Gasteiger partial charge on any atom is 0.409 e. The summed E-state index contributed by atoms with van der Waals surface area (Å²) in [5, 5.41) is 15.2. The lowest BCUT2D eigenvalue weighted by molar-refractivity contribution is -0.118. The number of carbonyl (C=O) groups is 2. The summed E-state index contributed by atoms with van der Waals surface area (Å²) in [4.78, 5) is 28.1. The molecule has 0 aliphatic carbocycles. The van der Waals surface area contributed by atoms with E-state index in [1.807, 2.05) is 41.8 Å². The number of thiophene rings is 1. The Morgan fingerprint density at radius 2 is 1.71 bits per heavy atom. The lowest BCUT2D eigenvalue weighted by Gasteiger charge is -2.28. The number of anilines is 1. The van der Waals surface area contributed by atoms with Crippen molar-refractivity contribution in [3.8, 4) is 6.07 Å². The van der Waals surface area contributed by atoms with Gasteiger partial charge in [-0.05, 0) is 23.1 Å². The molecular weight excluding hydrogens is 410 g/mol. The van der Waals surface area contributed by atoms with Gasteiger partial charge in [0.15, 0.2) is 5.41 Å². The van der Waals surface area contributed by atoms with E-state index in [1.54, 1.807) is 29.2 Å². The van der Waals surface area contributed by atoms with Crippen LogP contribution in [0.4, 0.5) is 10.5 Å². The lowest BCUT2D eigenvalue weighted by atomic mass is 9.75. The number of benzene rings is 2. The van der Waals surface area contributed by atoms with Crippen molar-refractivity contribution in [2.45, 2.75) is 18.4 Å². The van der Waals surface area contributed by atoms with Crippen LogP contribution in [0.2, 0.25) is 0 Å². The molecule has 0 atom stereocenters. The van der Waals surface area contributed by atoms with Crippen LogP contribution in [0.1, 0.15) is 21.6 Å². The molecule has 31 heavy (non-hydrogen) atoms. The van der Waals surface area contributed by atoms with Gasteiger partial charge in [-0.15, -0.1) is 11.3 Å². The largest absolute Gasteiger partial charge is 0.453 e. The third kappa shape index (κ3) is 3.66. The van der Waals surface area contributed by atoms with E-state index in [0.717, 1.165) is 10.4 Å². The zero-order valence-corrected chi connectivity index (χ0v) is 17.8. The Labute approximate surface area is 184 Å². The van der Waals surface area contributed by atoms with Gasteiger partial charge in [0, 0.05) is 16.8 Å². The van der Waals surface area contributed by atoms with Gasteiger partial charge in [-0.2, -0.15) is 5.26 Å². The average molecular weight is 432 g/mol. The predicted octanol–water partition coefficient (Wildman–Crippen LogP) is 4.32. The quantitative estimate of drug-likeness (QED) is 0.667. The maximum absolute atomic E-state index is 13.7. The van der Waals surface area contributed by atoms with Gasteiger partial charge in [-0.3, -0.25) is 4.79 Å². The third-order valence-corrected chi connectivity index (χ3v) is 6.56. The molecule has 1 aliphatic heterocycles. The molecule has 2 heterocycles. The highest BCUT2D eigenvalue weighted by atomic mass is 32.1. The number of hydrogen-bond donors (Lipinski definition) is 1. The van der Waals surface area contributed by atoms with E-state index in [9.17, 15) is 14.9 Å². The van der Waals surface area contributed by atoms with Crippen LogP contribution in [-0.2, 0) is 27.9 Å². The van der Waals surface area contributed by atoms with E-state index in [4.69, 9.17) is 4.74 Å². The van der Waals surface area contributed by atoms with Crippen LogP contribution in [0.3, 0.4) is 0 Å². The molecule has 0 saturated carbocycles. The second-order valence-electron chi connectivity index (χ2n) is 7.24. The highest BCUT2D eigenvalue weighted by molar-refractivity contribution is 7.10. The number of nitriles is 1. The fourth-order valence-electron chi connectivity index (χ4n) is 3.92. The summed E-state index contributed by atoms with van der Waals surface area (Å²) in [5.74, 6) is -0.400. The molecule has 1 aliphatic rings. The van der Waals surface area contributed by atoms with E-state index >= 15 is 0 Å². The van der Waals surface area contributed by atoms with Gasteiger partial charge >= 0.3 is 6.09 Å². The predicted molar refractivity (Wildman–Crippen MR) is 119 cm³/mol. The second kappa shape index (κ2) is 8.62. The average Bonchev–Trinajstić information content (AvgIpc) is 3.22. The molecule has 0 unspecified atom stereocenters. The summed E-state index contributed by atoms with van der Waals surface area (Å²) >= 11 is 1.49. The summed E-state index contributed by atoms with van der Waals surface area (Å²) in [5.41, 5.74) is 1.45. The van der Waals surface area contributed by atoms with Crippen molar-refractivity contribution in [2.24, 2.45) is 0 Å². The van der Waals surface area contributed by atoms with Crippen LogP contribution < -0.4 is 5.32 Å². The number of rotatable bonds is 4. The Morgan fingerprint density at radius 1 is 1.10 bits per heavy atom. The lowest BCUT2D eigenvalue weighted by Crippen LogP contribution is -2.40. The Hall–Kier alpha value is -3.63. The molecule has 0 fully saturated rings. The summed E-state index contributed by atoms with van der Waals surface area (Å²) in [6.07, 6.45) is 0.251. The van der Waals surface area contributed by atoms with Crippen LogP contribution >= 0.6 is 11.3 Å². The number of ether oxygens (including phenoxy) is 1. The molecule has 0 spiro atoms. The normalized spacial score (nSPS) is 13.1. The third-order valence-electron chi connectivity index (χ3n) is 5.55. The van der Waals surface area contributed by atoms with Crippen LogP contribution in [0, 0.1) is 11.3 Å². The first-order chi connectivity index (χ1) is 15.1. The Kier molecular flexibility index (Phi) is 5.74. The molecule has 0 saturated heterocycles. The number of carbonyl (C=O) groups excluding carboxylic acids is 2.